The molecule has 3 aromatic rings. The van der Waals surface area contributed by atoms with Gasteiger partial charge in [-0.15, -0.1) is 4.68 Å². The fraction of sp³-hybridized carbons (Fsp3) is 0.143. The first kappa shape index (κ1) is 16.1. The molecule has 0 unspecified atom stereocenters. The molecule has 0 saturated heterocycles. The van der Waals surface area contributed by atoms with Gasteiger partial charge in [-0.2, -0.15) is 9.72 Å². The second-order valence-corrected chi connectivity index (χ2v) is 4.82. The Hall–Kier alpha value is -3.76. The molecule has 11 heteroatoms. The van der Waals surface area contributed by atoms with Gasteiger partial charge in [-0.3, -0.25) is 0 Å². The third kappa shape index (κ3) is 3.60. The maximum atomic E-state index is 11.3. The van der Waals surface area contributed by atoms with E-state index in [0.717, 1.165) is 0 Å². The number of rotatable bonds is 6. The molecule has 0 spiro atoms. The quantitative estimate of drug-likeness (QED) is 0.369. The minimum Gasteiger partial charge on any atom is -0.369 e. The van der Waals surface area contributed by atoms with Crippen LogP contribution in [0.1, 0.15) is 11.4 Å². The molecule has 25 heavy (non-hydrogen) atoms. The van der Waals surface area contributed by atoms with E-state index in [1.54, 1.807) is 24.3 Å². The molecule has 2 heterocycles. The zero-order valence-electron chi connectivity index (χ0n) is 13.0. The first-order valence-corrected chi connectivity index (χ1v) is 7.02. The van der Waals surface area contributed by atoms with E-state index < -0.39 is 10.7 Å². The average Bonchev–Trinajstić information content (AvgIpc) is 3.19. The number of aromatic nitrogens is 4. The predicted octanol–water partition coefficient (Wildman–Crippen LogP) is 0.905. The fourth-order valence-corrected chi connectivity index (χ4v) is 2.03. The van der Waals surface area contributed by atoms with Gasteiger partial charge in [-0.1, -0.05) is 35.5 Å². The minimum atomic E-state index is -0.760. The molecule has 2 aromatic heterocycles. The van der Waals surface area contributed by atoms with Gasteiger partial charge in [-0.05, 0) is 4.92 Å². The van der Waals surface area contributed by atoms with E-state index in [-0.39, 0.29) is 24.1 Å². The third-order valence-corrected chi connectivity index (χ3v) is 3.13. The number of oxime groups is 1. The van der Waals surface area contributed by atoms with Gasteiger partial charge in [-0.25, -0.2) is 4.79 Å². The van der Waals surface area contributed by atoms with Crippen molar-refractivity contribution < 1.29 is 14.3 Å². The van der Waals surface area contributed by atoms with Gasteiger partial charge in [0.05, 0.1) is 17.4 Å². The zero-order valence-corrected chi connectivity index (χ0v) is 13.0. The molecule has 128 valence electrons. The number of nitro groups is 1. The van der Waals surface area contributed by atoms with Gasteiger partial charge in [0, 0.05) is 12.6 Å². The standard InChI is InChI=1S/C14H12N6O5/c1-18-13(15-14(21)25-18)12(10-5-3-2-4-6-10)17-24-9-19-8-7-11(16-19)20(22)23/h2-8H,9H2,1H3/b17-12+. The summed E-state index contributed by atoms with van der Waals surface area (Å²) in [7, 11) is 1.51. The molecular formula is C14H12N6O5. The summed E-state index contributed by atoms with van der Waals surface area (Å²) < 4.78 is 7.22. The molecule has 0 aliphatic rings. The summed E-state index contributed by atoms with van der Waals surface area (Å²) >= 11 is 0. The Labute approximate surface area is 139 Å². The summed E-state index contributed by atoms with van der Waals surface area (Å²) in [5.41, 5.74) is 0.924. The van der Waals surface area contributed by atoms with Gasteiger partial charge in [0.15, 0.2) is 11.5 Å². The van der Waals surface area contributed by atoms with E-state index in [0.29, 0.717) is 5.56 Å². The molecule has 0 saturated carbocycles. The number of hydrogen-bond acceptors (Lipinski definition) is 8. The topological polar surface area (TPSA) is 131 Å². The SMILES string of the molecule is Cn1oc(=O)nc1/C(=N/OCn1ccc([N+](=O)[O-])n1)c1ccccc1. The minimum absolute atomic E-state index is 0.157. The van der Waals surface area contributed by atoms with E-state index in [1.807, 2.05) is 6.07 Å². The average molecular weight is 344 g/mol. The van der Waals surface area contributed by atoms with Crippen molar-refractivity contribution in [3.05, 3.63) is 74.6 Å². The van der Waals surface area contributed by atoms with E-state index in [2.05, 4.69) is 15.2 Å². The van der Waals surface area contributed by atoms with Crippen molar-refractivity contribution >= 4 is 11.5 Å². The highest BCUT2D eigenvalue weighted by Crippen LogP contribution is 2.09. The van der Waals surface area contributed by atoms with Crippen LogP contribution in [0, 0.1) is 10.1 Å². The van der Waals surface area contributed by atoms with Crippen molar-refractivity contribution in [1.82, 2.24) is 19.5 Å². The van der Waals surface area contributed by atoms with Gasteiger partial charge in [0.25, 0.3) is 0 Å². The van der Waals surface area contributed by atoms with Crippen LogP contribution in [0.25, 0.3) is 0 Å². The monoisotopic (exact) mass is 344 g/mol. The zero-order chi connectivity index (χ0) is 17.8. The molecule has 0 bridgehead atoms. The smallest absolute Gasteiger partial charge is 0.369 e. The molecular weight excluding hydrogens is 332 g/mol. The maximum absolute atomic E-state index is 11.3. The molecule has 0 atom stereocenters. The van der Waals surface area contributed by atoms with E-state index in [9.17, 15) is 14.9 Å². The van der Waals surface area contributed by atoms with Crippen LogP contribution < -0.4 is 5.76 Å². The van der Waals surface area contributed by atoms with Crippen molar-refractivity contribution in [3.8, 4) is 0 Å². The van der Waals surface area contributed by atoms with E-state index in [4.69, 9.17) is 9.36 Å². The van der Waals surface area contributed by atoms with Crippen molar-refractivity contribution in [2.24, 2.45) is 12.2 Å². The molecule has 0 aliphatic heterocycles. The van der Waals surface area contributed by atoms with Crippen LogP contribution >= 0.6 is 0 Å². The van der Waals surface area contributed by atoms with Crippen LogP contribution in [0.4, 0.5) is 5.82 Å². The number of nitrogens with zero attached hydrogens (tertiary/aromatic N) is 6. The van der Waals surface area contributed by atoms with Gasteiger partial charge in [0.2, 0.25) is 6.73 Å². The maximum Gasteiger partial charge on any atom is 0.460 e. The third-order valence-electron chi connectivity index (χ3n) is 3.13. The molecule has 3 rings (SSSR count). The van der Waals surface area contributed by atoms with Crippen LogP contribution in [0.3, 0.4) is 0 Å². The first-order valence-electron chi connectivity index (χ1n) is 7.02. The highest BCUT2D eigenvalue weighted by molar-refractivity contribution is 6.10. The van der Waals surface area contributed by atoms with E-state index in [1.165, 1.54) is 28.7 Å². The Bertz CT molecular complexity index is 971. The fourth-order valence-electron chi connectivity index (χ4n) is 2.03. The Morgan fingerprint density at radius 1 is 1.36 bits per heavy atom. The van der Waals surface area contributed by atoms with Crippen LogP contribution in [-0.2, 0) is 18.6 Å². The first-order chi connectivity index (χ1) is 12.0. The lowest BCUT2D eigenvalue weighted by atomic mass is 10.1. The summed E-state index contributed by atoms with van der Waals surface area (Å²) in [5, 5.41) is 18.3. The van der Waals surface area contributed by atoms with Crippen LogP contribution in [0.2, 0.25) is 0 Å². The molecule has 11 nitrogen and oxygen atoms in total. The van der Waals surface area contributed by atoms with Crippen LogP contribution in [-0.4, -0.2) is 30.1 Å². The Kier molecular flexibility index (Phi) is 4.37. The molecule has 0 amide bonds. The van der Waals surface area contributed by atoms with E-state index >= 15 is 0 Å². The summed E-state index contributed by atoms with van der Waals surface area (Å²) in [6.07, 6.45) is 1.39. The molecule has 1 aromatic carbocycles. The molecule has 0 fully saturated rings. The van der Waals surface area contributed by atoms with Crippen molar-refractivity contribution in [2.75, 3.05) is 0 Å². The summed E-state index contributed by atoms with van der Waals surface area (Å²) in [5.74, 6) is -0.874. The highest BCUT2D eigenvalue weighted by Gasteiger charge is 2.17. The molecule has 0 radical (unpaired) electrons. The Morgan fingerprint density at radius 2 is 2.12 bits per heavy atom. The highest BCUT2D eigenvalue weighted by atomic mass is 16.6. The van der Waals surface area contributed by atoms with Crippen molar-refractivity contribution in [1.29, 1.82) is 0 Å². The normalized spacial score (nSPS) is 11.5. The van der Waals surface area contributed by atoms with Gasteiger partial charge >= 0.3 is 11.6 Å². The van der Waals surface area contributed by atoms with Crippen LogP contribution in [0.15, 0.2) is 57.1 Å². The summed E-state index contributed by atoms with van der Waals surface area (Å²) in [6, 6.07) is 10.2. The lowest BCUT2D eigenvalue weighted by molar-refractivity contribution is -0.389. The van der Waals surface area contributed by atoms with Crippen molar-refractivity contribution in [2.45, 2.75) is 6.73 Å². The Balaban J connectivity index is 1.86. The largest absolute Gasteiger partial charge is 0.460 e. The predicted molar refractivity (Wildman–Crippen MR) is 83.8 cm³/mol. The number of aryl methyl sites for hydroxylation is 1. The number of hydrogen-bond donors (Lipinski definition) is 0. The van der Waals surface area contributed by atoms with Crippen LogP contribution in [0.5, 0.6) is 0 Å². The molecule has 0 N–H and O–H groups in total. The second-order valence-electron chi connectivity index (χ2n) is 4.82. The lowest BCUT2D eigenvalue weighted by Gasteiger charge is -2.05. The van der Waals surface area contributed by atoms with Crippen molar-refractivity contribution in [3.63, 3.8) is 0 Å². The number of benzene rings is 1. The summed E-state index contributed by atoms with van der Waals surface area (Å²) in [6.45, 7) is -0.157. The lowest BCUT2D eigenvalue weighted by Crippen LogP contribution is -2.12. The Morgan fingerprint density at radius 3 is 2.72 bits per heavy atom. The summed E-state index contributed by atoms with van der Waals surface area (Å²) in [4.78, 5) is 30.3. The van der Waals surface area contributed by atoms with Gasteiger partial charge in [0.1, 0.15) is 0 Å². The second kappa shape index (κ2) is 6.78. The van der Waals surface area contributed by atoms with Gasteiger partial charge < -0.3 is 19.5 Å². The molecule has 0 aliphatic carbocycles.